The van der Waals surface area contributed by atoms with Crippen molar-refractivity contribution >= 4 is 6.34 Å². The first-order valence-electron chi connectivity index (χ1n) is 11.9. The molecule has 2 heterocycles. The number of aliphatic imine (C=N–C) groups is 1. The van der Waals surface area contributed by atoms with Crippen LogP contribution in [0.3, 0.4) is 0 Å². The second-order valence-corrected chi connectivity index (χ2v) is 9.29. The van der Waals surface area contributed by atoms with Crippen LogP contribution >= 0.6 is 0 Å². The van der Waals surface area contributed by atoms with Crippen molar-refractivity contribution in [3.8, 4) is 0 Å². The molecular formula is C29H30N4O. The minimum Gasteiger partial charge on any atom is -0.344 e. The Hall–Kier alpha value is -3.73. The zero-order valence-electron chi connectivity index (χ0n) is 19.7. The summed E-state index contributed by atoms with van der Waals surface area (Å²) >= 11 is 0. The van der Waals surface area contributed by atoms with E-state index in [9.17, 15) is 0 Å². The fourth-order valence-electron chi connectivity index (χ4n) is 4.91. The molecule has 0 spiro atoms. The van der Waals surface area contributed by atoms with Crippen molar-refractivity contribution in [3.05, 3.63) is 119 Å². The van der Waals surface area contributed by atoms with Crippen molar-refractivity contribution in [3.63, 3.8) is 0 Å². The number of hydrogen-bond acceptors (Lipinski definition) is 5. The molecule has 5 heteroatoms. The van der Waals surface area contributed by atoms with Crippen LogP contribution in [-0.4, -0.2) is 34.5 Å². The second-order valence-electron chi connectivity index (χ2n) is 9.29. The van der Waals surface area contributed by atoms with Crippen molar-refractivity contribution in [2.45, 2.75) is 31.7 Å². The average molecular weight is 451 g/mol. The van der Waals surface area contributed by atoms with Crippen LogP contribution in [0.5, 0.6) is 0 Å². The Morgan fingerprint density at radius 1 is 0.853 bits per heavy atom. The van der Waals surface area contributed by atoms with E-state index in [4.69, 9.17) is 14.5 Å². The molecule has 5 rings (SSSR count). The van der Waals surface area contributed by atoms with E-state index in [0.29, 0.717) is 24.9 Å². The first-order chi connectivity index (χ1) is 16.7. The van der Waals surface area contributed by atoms with Gasteiger partial charge in [-0.2, -0.15) is 4.98 Å². The lowest BCUT2D eigenvalue weighted by molar-refractivity contribution is 0.228. The fraction of sp³-hybridized carbons (Fsp3) is 0.276. The molecule has 0 saturated heterocycles. The van der Waals surface area contributed by atoms with E-state index in [1.54, 1.807) is 0 Å². The number of aromatic nitrogens is 2. The number of hydrogen-bond donors (Lipinski definition) is 0. The van der Waals surface area contributed by atoms with Crippen LogP contribution in [0, 0.1) is 5.92 Å². The Bertz CT molecular complexity index is 1120. The van der Waals surface area contributed by atoms with Crippen LogP contribution in [-0.2, 0) is 12.0 Å². The molecule has 1 unspecified atom stereocenters. The summed E-state index contributed by atoms with van der Waals surface area (Å²) in [5, 5.41) is 4.24. The third-order valence-electron chi connectivity index (χ3n) is 6.39. The number of nitrogens with zero attached hydrogens (tertiary/aromatic N) is 4. The van der Waals surface area contributed by atoms with Gasteiger partial charge in [0.15, 0.2) is 5.82 Å². The lowest BCUT2D eigenvalue weighted by atomic mass is 9.75. The highest BCUT2D eigenvalue weighted by Crippen LogP contribution is 2.43. The first-order valence-corrected chi connectivity index (χ1v) is 11.9. The van der Waals surface area contributed by atoms with Crippen LogP contribution in [0.2, 0.25) is 0 Å². The van der Waals surface area contributed by atoms with Gasteiger partial charge in [-0.15, -0.1) is 0 Å². The molecule has 0 radical (unpaired) electrons. The van der Waals surface area contributed by atoms with Crippen molar-refractivity contribution in [1.29, 1.82) is 0 Å². The normalized spacial score (nSPS) is 16.2. The van der Waals surface area contributed by atoms with E-state index in [1.165, 1.54) is 16.7 Å². The summed E-state index contributed by atoms with van der Waals surface area (Å²) in [6.45, 7) is 5.67. The van der Waals surface area contributed by atoms with Gasteiger partial charge in [-0.1, -0.05) is 110 Å². The van der Waals surface area contributed by atoms with Gasteiger partial charge in [-0.3, -0.25) is 4.99 Å². The Morgan fingerprint density at radius 3 is 1.88 bits per heavy atom. The van der Waals surface area contributed by atoms with E-state index >= 15 is 0 Å². The summed E-state index contributed by atoms with van der Waals surface area (Å²) in [5.74, 6) is 1.94. The number of benzene rings is 3. The van der Waals surface area contributed by atoms with Gasteiger partial charge < -0.3 is 9.42 Å². The molecule has 0 amide bonds. The molecule has 4 aromatic rings. The smallest absolute Gasteiger partial charge is 0.233 e. The lowest BCUT2D eigenvalue weighted by Gasteiger charge is -2.46. The molecule has 5 nitrogen and oxygen atoms in total. The van der Waals surface area contributed by atoms with E-state index in [2.05, 4.69) is 115 Å². The zero-order chi connectivity index (χ0) is 23.4. The lowest BCUT2D eigenvalue weighted by Crippen LogP contribution is -2.50. The topological polar surface area (TPSA) is 54.5 Å². The molecule has 1 aromatic heterocycles. The Labute approximate surface area is 201 Å². The van der Waals surface area contributed by atoms with Crippen molar-refractivity contribution in [2.75, 3.05) is 13.1 Å². The van der Waals surface area contributed by atoms with Gasteiger partial charge in [-0.25, -0.2) is 0 Å². The third kappa shape index (κ3) is 4.14. The standard InChI is InChI=1S/C29H30N4O/c1-22(2)18-27-31-28(34-32-27)23-19-30-21-33(20-23)29(24-12-6-3-7-13-24,25-14-8-4-9-15-25)26-16-10-5-11-17-26/h3-17,21-23H,18-20H2,1-2H3. The predicted molar refractivity (Wildman–Crippen MR) is 135 cm³/mol. The summed E-state index contributed by atoms with van der Waals surface area (Å²) in [6, 6.07) is 32.0. The molecular weight excluding hydrogens is 420 g/mol. The molecule has 172 valence electrons. The quantitative estimate of drug-likeness (QED) is 0.340. The summed E-state index contributed by atoms with van der Waals surface area (Å²) in [5.41, 5.74) is 3.01. The first kappa shape index (κ1) is 22.1. The van der Waals surface area contributed by atoms with Crippen molar-refractivity contribution < 1.29 is 4.52 Å². The Kier molecular flexibility index (Phi) is 6.26. The van der Waals surface area contributed by atoms with Gasteiger partial charge in [-0.05, 0) is 22.6 Å². The SMILES string of the molecule is CC(C)Cc1noc(C2CN=CN(C(c3ccccc3)(c3ccccc3)c3ccccc3)C2)n1. The minimum absolute atomic E-state index is 0.0222. The summed E-state index contributed by atoms with van der Waals surface area (Å²) in [7, 11) is 0. The minimum atomic E-state index is -0.549. The van der Waals surface area contributed by atoms with E-state index in [-0.39, 0.29) is 5.92 Å². The van der Waals surface area contributed by atoms with Gasteiger partial charge in [0.1, 0.15) is 5.54 Å². The third-order valence-corrected chi connectivity index (χ3v) is 6.39. The second kappa shape index (κ2) is 9.64. The molecule has 0 aliphatic carbocycles. The van der Waals surface area contributed by atoms with Gasteiger partial charge in [0, 0.05) is 13.0 Å². The molecule has 1 aliphatic heterocycles. The summed E-state index contributed by atoms with van der Waals surface area (Å²) < 4.78 is 5.72. The maximum atomic E-state index is 5.72. The van der Waals surface area contributed by atoms with Crippen LogP contribution in [0.1, 0.15) is 48.2 Å². The highest BCUT2D eigenvalue weighted by atomic mass is 16.5. The molecule has 0 saturated carbocycles. The van der Waals surface area contributed by atoms with Crippen LogP contribution in [0.15, 0.2) is 101 Å². The molecule has 0 fully saturated rings. The van der Waals surface area contributed by atoms with Gasteiger partial charge >= 0.3 is 0 Å². The average Bonchev–Trinajstić information content (AvgIpc) is 3.35. The monoisotopic (exact) mass is 450 g/mol. The molecule has 0 bridgehead atoms. The fourth-order valence-corrected chi connectivity index (χ4v) is 4.91. The number of rotatable bonds is 7. The van der Waals surface area contributed by atoms with Crippen LogP contribution in [0.25, 0.3) is 0 Å². The highest BCUT2D eigenvalue weighted by molar-refractivity contribution is 5.64. The molecule has 1 atom stereocenters. The zero-order valence-corrected chi connectivity index (χ0v) is 19.7. The molecule has 34 heavy (non-hydrogen) atoms. The van der Waals surface area contributed by atoms with Crippen molar-refractivity contribution in [1.82, 2.24) is 15.0 Å². The Morgan fingerprint density at radius 2 is 1.38 bits per heavy atom. The Balaban J connectivity index is 1.63. The molecule has 3 aromatic carbocycles. The van der Waals surface area contributed by atoms with Crippen LogP contribution < -0.4 is 0 Å². The van der Waals surface area contributed by atoms with Gasteiger partial charge in [0.25, 0.3) is 0 Å². The summed E-state index contributed by atoms with van der Waals surface area (Å²) in [4.78, 5) is 11.9. The maximum Gasteiger partial charge on any atom is 0.233 e. The van der Waals surface area contributed by atoms with Crippen LogP contribution in [0.4, 0.5) is 0 Å². The highest BCUT2D eigenvalue weighted by Gasteiger charge is 2.43. The van der Waals surface area contributed by atoms with E-state index in [1.807, 2.05) is 6.34 Å². The van der Waals surface area contributed by atoms with E-state index < -0.39 is 5.54 Å². The predicted octanol–water partition coefficient (Wildman–Crippen LogP) is 5.69. The van der Waals surface area contributed by atoms with Crippen molar-refractivity contribution in [2.24, 2.45) is 10.9 Å². The van der Waals surface area contributed by atoms with Gasteiger partial charge in [0.05, 0.1) is 18.8 Å². The van der Waals surface area contributed by atoms with E-state index in [0.717, 1.165) is 12.2 Å². The maximum absolute atomic E-state index is 5.72. The molecule has 1 aliphatic rings. The van der Waals surface area contributed by atoms with Gasteiger partial charge in [0.2, 0.25) is 5.89 Å². The molecule has 0 N–H and O–H groups in total. The summed E-state index contributed by atoms with van der Waals surface area (Å²) in [6.07, 6.45) is 2.81. The largest absolute Gasteiger partial charge is 0.344 e.